The second-order valence-electron chi connectivity index (χ2n) is 5.50. The molecule has 0 bridgehead atoms. The fraction of sp³-hybridized carbons (Fsp3) is 0.667. The molecule has 2 heterocycles. The summed E-state index contributed by atoms with van der Waals surface area (Å²) < 4.78 is 11.8. The highest BCUT2D eigenvalue weighted by molar-refractivity contribution is 9.10. The first kappa shape index (κ1) is 14.2. The van der Waals surface area contributed by atoms with Gasteiger partial charge in [-0.05, 0) is 36.7 Å². The van der Waals surface area contributed by atoms with E-state index in [1.807, 2.05) is 20.8 Å². The number of hydrogen-bond donors (Lipinski definition) is 1. The minimum Gasteiger partial charge on any atom is -0.484 e. The Bertz CT molecular complexity index is 455. The van der Waals surface area contributed by atoms with Crippen molar-refractivity contribution in [1.82, 2.24) is 15.1 Å². The molecule has 1 aliphatic rings. The number of nitrogens with zero attached hydrogens (tertiary/aromatic N) is 2. The highest BCUT2D eigenvalue weighted by Gasteiger charge is 2.31. The van der Waals surface area contributed by atoms with Crippen molar-refractivity contribution < 1.29 is 14.3 Å². The van der Waals surface area contributed by atoms with E-state index in [4.69, 9.17) is 9.47 Å². The molecule has 1 N–H and O–H groups in total. The number of likely N-dealkylation sites (tertiary alicyclic amines) is 1. The molecule has 1 aliphatic heterocycles. The van der Waals surface area contributed by atoms with Gasteiger partial charge in [-0.1, -0.05) is 0 Å². The molecular formula is C12H18BrN3O3. The summed E-state index contributed by atoms with van der Waals surface area (Å²) >= 11 is 3.31. The fourth-order valence-electron chi connectivity index (χ4n) is 1.84. The van der Waals surface area contributed by atoms with Crippen molar-refractivity contribution in [3.63, 3.8) is 0 Å². The van der Waals surface area contributed by atoms with Crippen LogP contribution in [0.1, 0.15) is 27.2 Å². The van der Waals surface area contributed by atoms with E-state index in [2.05, 4.69) is 26.1 Å². The van der Waals surface area contributed by atoms with Gasteiger partial charge >= 0.3 is 6.09 Å². The molecule has 0 spiro atoms. The third-order valence-corrected chi connectivity index (χ3v) is 3.22. The minimum absolute atomic E-state index is 0.0265. The molecule has 106 valence electrons. The zero-order chi connectivity index (χ0) is 14.0. The van der Waals surface area contributed by atoms with E-state index in [0.717, 1.165) is 6.42 Å². The van der Waals surface area contributed by atoms with E-state index in [1.54, 1.807) is 11.1 Å². The van der Waals surface area contributed by atoms with E-state index in [9.17, 15) is 4.79 Å². The normalized spacial score (nSPS) is 19.6. The third kappa shape index (κ3) is 3.86. The van der Waals surface area contributed by atoms with Crippen molar-refractivity contribution in [2.75, 3.05) is 13.1 Å². The highest BCUT2D eigenvalue weighted by atomic mass is 79.9. The summed E-state index contributed by atoms with van der Waals surface area (Å²) in [7, 11) is 0. The van der Waals surface area contributed by atoms with Crippen LogP contribution < -0.4 is 4.74 Å². The number of halogens is 1. The molecular weight excluding hydrogens is 314 g/mol. The zero-order valence-corrected chi connectivity index (χ0v) is 12.9. The van der Waals surface area contributed by atoms with E-state index in [0.29, 0.717) is 23.4 Å². The third-order valence-electron chi connectivity index (χ3n) is 2.65. The number of ether oxygens (including phenoxy) is 2. The Morgan fingerprint density at radius 2 is 2.32 bits per heavy atom. The second kappa shape index (κ2) is 5.40. The van der Waals surface area contributed by atoms with Gasteiger partial charge in [-0.3, -0.25) is 5.10 Å². The largest absolute Gasteiger partial charge is 0.484 e. The van der Waals surface area contributed by atoms with Crippen molar-refractivity contribution in [3.8, 4) is 5.75 Å². The van der Waals surface area contributed by atoms with Gasteiger partial charge in [0.15, 0.2) is 5.75 Å². The quantitative estimate of drug-likeness (QED) is 0.904. The molecule has 1 atom stereocenters. The van der Waals surface area contributed by atoms with Crippen LogP contribution in [0.4, 0.5) is 4.79 Å². The SMILES string of the molecule is CC(C)(C)OC(=O)N1CC[C@H](Oc2cn[nH]c2Br)C1. The minimum atomic E-state index is -0.469. The van der Waals surface area contributed by atoms with Gasteiger partial charge in [0.2, 0.25) is 0 Å². The standard InChI is InChI=1S/C12H18BrN3O3/c1-12(2,3)19-11(17)16-5-4-8(7-16)18-9-6-14-15-10(9)13/h6,8H,4-5,7H2,1-3H3,(H,14,15)/t8-/m0/s1. The first-order valence-corrected chi connectivity index (χ1v) is 6.98. The number of hydrogen-bond acceptors (Lipinski definition) is 4. The highest BCUT2D eigenvalue weighted by Crippen LogP contribution is 2.25. The number of aromatic nitrogens is 2. The molecule has 6 nitrogen and oxygen atoms in total. The van der Waals surface area contributed by atoms with Crippen molar-refractivity contribution in [2.24, 2.45) is 0 Å². The van der Waals surface area contributed by atoms with E-state index in [1.165, 1.54) is 0 Å². The molecule has 1 amide bonds. The Labute approximate surface area is 120 Å². The number of H-pyrrole nitrogens is 1. The Morgan fingerprint density at radius 1 is 1.58 bits per heavy atom. The van der Waals surface area contributed by atoms with Crippen LogP contribution in [0.5, 0.6) is 5.75 Å². The van der Waals surface area contributed by atoms with E-state index < -0.39 is 5.60 Å². The molecule has 0 saturated carbocycles. The monoisotopic (exact) mass is 331 g/mol. The fourth-order valence-corrected chi connectivity index (χ4v) is 2.14. The van der Waals surface area contributed by atoms with Gasteiger partial charge < -0.3 is 14.4 Å². The van der Waals surface area contributed by atoms with Crippen molar-refractivity contribution >= 4 is 22.0 Å². The Hall–Kier alpha value is -1.24. The van der Waals surface area contributed by atoms with Gasteiger partial charge in [0, 0.05) is 13.0 Å². The average Bonchev–Trinajstić information content (AvgIpc) is 2.87. The van der Waals surface area contributed by atoms with Crippen LogP contribution >= 0.6 is 15.9 Å². The summed E-state index contributed by atoms with van der Waals surface area (Å²) in [6, 6.07) is 0. The number of carbonyl (C=O) groups is 1. The molecule has 1 aromatic rings. The maximum absolute atomic E-state index is 11.9. The van der Waals surface area contributed by atoms with Crippen LogP contribution in [-0.2, 0) is 4.74 Å². The summed E-state index contributed by atoms with van der Waals surface area (Å²) in [5.41, 5.74) is -0.469. The smallest absolute Gasteiger partial charge is 0.410 e. The van der Waals surface area contributed by atoms with Gasteiger partial charge in [-0.25, -0.2) is 4.79 Å². The molecule has 0 unspecified atom stereocenters. The zero-order valence-electron chi connectivity index (χ0n) is 11.3. The van der Waals surface area contributed by atoms with Crippen LogP contribution in [0.2, 0.25) is 0 Å². The van der Waals surface area contributed by atoms with Gasteiger partial charge in [-0.15, -0.1) is 0 Å². The van der Waals surface area contributed by atoms with E-state index in [-0.39, 0.29) is 12.2 Å². The maximum atomic E-state index is 11.9. The van der Waals surface area contributed by atoms with Gasteiger partial charge in [-0.2, -0.15) is 5.10 Å². The van der Waals surface area contributed by atoms with Crippen molar-refractivity contribution in [3.05, 3.63) is 10.8 Å². The average molecular weight is 332 g/mol. The second-order valence-corrected chi connectivity index (χ2v) is 6.30. The molecule has 0 aliphatic carbocycles. The maximum Gasteiger partial charge on any atom is 0.410 e. The molecule has 1 fully saturated rings. The van der Waals surface area contributed by atoms with E-state index >= 15 is 0 Å². The summed E-state index contributed by atoms with van der Waals surface area (Å²) in [5, 5.41) is 6.61. The Balaban J connectivity index is 1.86. The summed E-state index contributed by atoms with van der Waals surface area (Å²) in [5.74, 6) is 0.663. The van der Waals surface area contributed by atoms with Gasteiger partial charge in [0.1, 0.15) is 16.3 Å². The first-order valence-electron chi connectivity index (χ1n) is 6.18. The lowest BCUT2D eigenvalue weighted by Gasteiger charge is -2.24. The van der Waals surface area contributed by atoms with Crippen LogP contribution in [0.25, 0.3) is 0 Å². The molecule has 0 radical (unpaired) electrons. The van der Waals surface area contributed by atoms with Crippen molar-refractivity contribution in [2.45, 2.75) is 38.9 Å². The molecule has 2 rings (SSSR count). The van der Waals surface area contributed by atoms with Gasteiger partial charge in [0.25, 0.3) is 0 Å². The number of amides is 1. The Morgan fingerprint density at radius 3 is 2.89 bits per heavy atom. The lowest BCUT2D eigenvalue weighted by atomic mass is 10.2. The predicted molar refractivity (Wildman–Crippen MR) is 73.1 cm³/mol. The molecule has 19 heavy (non-hydrogen) atoms. The number of nitrogens with one attached hydrogen (secondary N) is 1. The molecule has 1 aromatic heterocycles. The predicted octanol–water partition coefficient (Wildman–Crippen LogP) is 2.56. The van der Waals surface area contributed by atoms with Crippen LogP contribution in [-0.4, -0.2) is 46.0 Å². The topological polar surface area (TPSA) is 67.4 Å². The van der Waals surface area contributed by atoms with Crippen LogP contribution in [0.3, 0.4) is 0 Å². The lowest BCUT2D eigenvalue weighted by molar-refractivity contribution is 0.0275. The summed E-state index contributed by atoms with van der Waals surface area (Å²) in [6.07, 6.45) is 2.09. The van der Waals surface area contributed by atoms with Crippen LogP contribution in [0.15, 0.2) is 10.8 Å². The summed E-state index contributed by atoms with van der Waals surface area (Å²) in [6.45, 7) is 6.76. The van der Waals surface area contributed by atoms with Crippen molar-refractivity contribution in [1.29, 1.82) is 0 Å². The number of carbonyl (C=O) groups excluding carboxylic acids is 1. The Kier molecular flexibility index (Phi) is 4.03. The lowest BCUT2D eigenvalue weighted by Crippen LogP contribution is -2.36. The molecule has 0 aromatic carbocycles. The summed E-state index contributed by atoms with van der Waals surface area (Å²) in [4.78, 5) is 13.6. The van der Waals surface area contributed by atoms with Gasteiger partial charge in [0.05, 0.1) is 12.7 Å². The van der Waals surface area contributed by atoms with Crippen LogP contribution in [0, 0.1) is 0 Å². The first-order chi connectivity index (χ1) is 8.85. The molecule has 7 heteroatoms. The number of aromatic amines is 1. The number of rotatable bonds is 2. The molecule has 1 saturated heterocycles.